The molecule has 9 nitrogen and oxygen atoms in total. The van der Waals surface area contributed by atoms with Crippen LogP contribution in [0.2, 0.25) is 0 Å². The molecule has 1 atom stereocenters. The maximum absolute atomic E-state index is 15.1. The Morgan fingerprint density at radius 3 is 2.47 bits per heavy atom. The van der Waals surface area contributed by atoms with Crippen LogP contribution >= 0.6 is 0 Å². The summed E-state index contributed by atoms with van der Waals surface area (Å²) in [7, 11) is 4.65. The summed E-state index contributed by atoms with van der Waals surface area (Å²) in [6.07, 6.45) is 0.368. The van der Waals surface area contributed by atoms with Crippen LogP contribution in [0.1, 0.15) is 18.0 Å². The lowest BCUT2D eigenvalue weighted by Crippen LogP contribution is -2.49. The van der Waals surface area contributed by atoms with E-state index in [1.807, 2.05) is 47.2 Å². The number of hydrogen-bond donors (Lipinski definition) is 2. The number of hydrogen-bond acceptors (Lipinski definition) is 8. The zero-order valence-electron chi connectivity index (χ0n) is 19.5. The van der Waals surface area contributed by atoms with Gasteiger partial charge in [-0.05, 0) is 18.7 Å². The van der Waals surface area contributed by atoms with Gasteiger partial charge in [0.25, 0.3) is 0 Å². The number of benzene rings is 2. The molecular weight excluding hydrogens is 439 g/mol. The van der Waals surface area contributed by atoms with E-state index in [-0.39, 0.29) is 34.8 Å². The van der Waals surface area contributed by atoms with Crippen molar-refractivity contribution in [3.8, 4) is 11.5 Å². The number of methoxy groups -OCH3 is 2. The van der Waals surface area contributed by atoms with Gasteiger partial charge >= 0.3 is 0 Å². The van der Waals surface area contributed by atoms with Crippen molar-refractivity contribution >= 4 is 28.6 Å². The van der Waals surface area contributed by atoms with Crippen LogP contribution in [-0.2, 0) is 4.79 Å². The van der Waals surface area contributed by atoms with E-state index in [1.54, 1.807) is 6.07 Å². The van der Waals surface area contributed by atoms with Crippen molar-refractivity contribution in [2.45, 2.75) is 12.5 Å². The highest BCUT2D eigenvalue weighted by Gasteiger charge is 2.26. The van der Waals surface area contributed by atoms with E-state index >= 15 is 4.39 Å². The molecule has 1 amide bonds. The number of fused-ring (bicyclic) bond motifs is 1. The molecule has 0 unspecified atom stereocenters. The molecule has 0 aliphatic carbocycles. The minimum Gasteiger partial charge on any atom is -0.493 e. The number of ether oxygens (including phenoxy) is 2. The molecule has 2 aromatic carbocycles. The van der Waals surface area contributed by atoms with Crippen molar-refractivity contribution in [3.05, 3.63) is 47.8 Å². The second-order valence-corrected chi connectivity index (χ2v) is 8.05. The van der Waals surface area contributed by atoms with Crippen LogP contribution in [0.25, 0.3) is 10.9 Å². The molecular formula is C24H29FN6O3. The fourth-order valence-electron chi connectivity index (χ4n) is 4.21. The van der Waals surface area contributed by atoms with Crippen molar-refractivity contribution in [2.75, 3.05) is 58.1 Å². The fraction of sp³-hybridized carbons (Fsp3) is 0.375. The lowest BCUT2D eigenvalue weighted by molar-refractivity contribution is -0.132. The van der Waals surface area contributed by atoms with Crippen LogP contribution in [0.15, 0.2) is 36.4 Å². The van der Waals surface area contributed by atoms with Crippen LogP contribution in [0.5, 0.6) is 11.5 Å². The largest absolute Gasteiger partial charge is 0.493 e. The molecule has 0 saturated carbocycles. The minimum absolute atomic E-state index is 0.0352. The number of piperazine rings is 1. The fourth-order valence-corrected chi connectivity index (χ4v) is 4.21. The highest BCUT2D eigenvalue weighted by molar-refractivity contribution is 5.92. The Bertz CT molecular complexity index is 1170. The van der Waals surface area contributed by atoms with Crippen molar-refractivity contribution in [1.82, 2.24) is 20.2 Å². The normalized spacial score (nSPS) is 14.8. The smallest absolute Gasteiger partial charge is 0.228 e. The molecule has 180 valence electrons. The number of amides is 1. The van der Waals surface area contributed by atoms with Gasteiger partial charge in [0.2, 0.25) is 11.9 Å². The first-order valence-electron chi connectivity index (χ1n) is 11.1. The Balaban J connectivity index is 1.48. The highest BCUT2D eigenvalue weighted by atomic mass is 19.1. The molecule has 1 fully saturated rings. The number of rotatable bonds is 7. The number of anilines is 2. The number of nitrogen functional groups attached to an aromatic ring is 1. The molecule has 1 saturated heterocycles. The topological polar surface area (TPSA) is 106 Å². The lowest BCUT2D eigenvalue weighted by atomic mass is 10.0. The second kappa shape index (κ2) is 10.1. The average molecular weight is 469 g/mol. The first-order chi connectivity index (χ1) is 16.5. The predicted octanol–water partition coefficient (Wildman–Crippen LogP) is 2.37. The van der Waals surface area contributed by atoms with Gasteiger partial charge in [0, 0.05) is 44.0 Å². The molecule has 1 aromatic heterocycles. The van der Waals surface area contributed by atoms with Gasteiger partial charge < -0.3 is 30.3 Å². The number of nitrogens with zero attached hydrogens (tertiary/aromatic N) is 4. The molecule has 34 heavy (non-hydrogen) atoms. The Morgan fingerprint density at radius 2 is 1.85 bits per heavy atom. The van der Waals surface area contributed by atoms with Gasteiger partial charge in [-0.3, -0.25) is 4.79 Å². The molecule has 0 bridgehead atoms. The van der Waals surface area contributed by atoms with Gasteiger partial charge in [0.15, 0.2) is 17.3 Å². The molecule has 0 spiro atoms. The summed E-state index contributed by atoms with van der Waals surface area (Å²) >= 11 is 0. The third-order valence-corrected chi connectivity index (χ3v) is 6.14. The molecule has 0 radical (unpaired) electrons. The number of nitrogens with two attached hydrogens (primary N) is 1. The standard InChI is InChI=1S/C24H29FN6O3/c1-27-17(15-7-5-4-6-8-15)14-19(32)30-9-11-31(12-10-30)24-28-21-16(23(26)29-24)13-18(33-2)22(34-3)20(21)25/h4-8,13,17,27H,9-12,14H2,1-3H3,(H2,26,28,29)/t17-/m1/s1. The number of nitrogens with one attached hydrogen (secondary N) is 1. The molecule has 1 aliphatic rings. The molecule has 3 aromatic rings. The molecule has 4 rings (SSSR count). The highest BCUT2D eigenvalue weighted by Crippen LogP contribution is 2.37. The van der Waals surface area contributed by atoms with Crippen molar-refractivity contribution in [1.29, 1.82) is 0 Å². The second-order valence-electron chi connectivity index (χ2n) is 8.05. The predicted molar refractivity (Wildman–Crippen MR) is 129 cm³/mol. The number of carbonyl (C=O) groups excluding carboxylic acids is 1. The Labute approximate surface area is 197 Å². The summed E-state index contributed by atoms with van der Waals surface area (Å²) < 4.78 is 25.4. The first kappa shape index (κ1) is 23.5. The molecule has 3 N–H and O–H groups in total. The first-order valence-corrected chi connectivity index (χ1v) is 11.1. The van der Waals surface area contributed by atoms with Crippen LogP contribution in [0.4, 0.5) is 16.2 Å². The van der Waals surface area contributed by atoms with Crippen molar-refractivity contribution < 1.29 is 18.7 Å². The van der Waals surface area contributed by atoms with Crippen LogP contribution in [0, 0.1) is 5.82 Å². The number of aromatic nitrogens is 2. The minimum atomic E-state index is -0.653. The van der Waals surface area contributed by atoms with Crippen LogP contribution < -0.4 is 25.4 Å². The zero-order valence-corrected chi connectivity index (χ0v) is 19.5. The van der Waals surface area contributed by atoms with E-state index in [4.69, 9.17) is 15.2 Å². The molecule has 1 aliphatic heterocycles. The van der Waals surface area contributed by atoms with Gasteiger partial charge in [0.05, 0.1) is 14.2 Å². The van der Waals surface area contributed by atoms with Crippen LogP contribution in [0.3, 0.4) is 0 Å². The summed E-state index contributed by atoms with van der Waals surface area (Å²) in [5, 5.41) is 3.58. The van der Waals surface area contributed by atoms with E-state index in [1.165, 1.54) is 14.2 Å². The van der Waals surface area contributed by atoms with E-state index in [0.29, 0.717) is 43.9 Å². The summed E-state index contributed by atoms with van der Waals surface area (Å²) in [5.41, 5.74) is 7.28. The molecule has 10 heteroatoms. The quantitative estimate of drug-likeness (QED) is 0.545. The lowest BCUT2D eigenvalue weighted by Gasteiger charge is -2.35. The van der Waals surface area contributed by atoms with Gasteiger partial charge in [-0.25, -0.2) is 9.37 Å². The van der Waals surface area contributed by atoms with Gasteiger partial charge in [-0.1, -0.05) is 30.3 Å². The maximum Gasteiger partial charge on any atom is 0.228 e. The Morgan fingerprint density at radius 1 is 1.15 bits per heavy atom. The van der Waals surface area contributed by atoms with E-state index in [0.717, 1.165) is 5.56 Å². The summed E-state index contributed by atoms with van der Waals surface area (Å²) in [4.78, 5) is 25.5. The summed E-state index contributed by atoms with van der Waals surface area (Å²) in [5.74, 6) is 0.0772. The third-order valence-electron chi connectivity index (χ3n) is 6.14. The van der Waals surface area contributed by atoms with E-state index < -0.39 is 5.82 Å². The van der Waals surface area contributed by atoms with Gasteiger partial charge in [0.1, 0.15) is 11.3 Å². The number of halogens is 1. The third kappa shape index (κ3) is 4.54. The van der Waals surface area contributed by atoms with Crippen molar-refractivity contribution in [2.24, 2.45) is 0 Å². The van der Waals surface area contributed by atoms with Gasteiger partial charge in [-0.15, -0.1) is 0 Å². The van der Waals surface area contributed by atoms with Gasteiger partial charge in [-0.2, -0.15) is 4.98 Å². The average Bonchev–Trinajstić information content (AvgIpc) is 2.87. The van der Waals surface area contributed by atoms with Crippen LogP contribution in [-0.4, -0.2) is 68.2 Å². The monoisotopic (exact) mass is 468 g/mol. The van der Waals surface area contributed by atoms with Crippen molar-refractivity contribution in [3.63, 3.8) is 0 Å². The molecule has 2 heterocycles. The summed E-state index contributed by atoms with van der Waals surface area (Å²) in [6.45, 7) is 2.06. The Kier molecular flexibility index (Phi) is 6.97. The zero-order chi connectivity index (χ0) is 24.2. The van der Waals surface area contributed by atoms with E-state index in [2.05, 4.69) is 15.3 Å². The number of carbonyl (C=O) groups is 1. The van der Waals surface area contributed by atoms with E-state index in [9.17, 15) is 4.79 Å². The Hall–Kier alpha value is -3.66. The SMILES string of the molecule is CN[C@H](CC(=O)N1CCN(c2nc(N)c3cc(OC)c(OC)c(F)c3n2)CC1)c1ccccc1. The maximum atomic E-state index is 15.1. The summed E-state index contributed by atoms with van der Waals surface area (Å²) in [6, 6.07) is 11.4.